The van der Waals surface area contributed by atoms with Crippen LogP contribution < -0.4 is 5.32 Å². The lowest BCUT2D eigenvalue weighted by molar-refractivity contribution is 0.0144. The van der Waals surface area contributed by atoms with Crippen molar-refractivity contribution >= 4 is 0 Å². The zero-order valence-electron chi connectivity index (χ0n) is 12.7. The molecule has 0 spiro atoms. The highest BCUT2D eigenvalue weighted by Gasteiger charge is 2.20. The molecule has 1 fully saturated rings. The van der Waals surface area contributed by atoms with Crippen molar-refractivity contribution in [1.29, 1.82) is 0 Å². The SMILES string of the molecule is CCNC(CCOCC(F)F)c1cccc(C2CCC2)c1. The van der Waals surface area contributed by atoms with Crippen molar-refractivity contribution in [2.24, 2.45) is 0 Å². The van der Waals surface area contributed by atoms with Gasteiger partial charge in [0, 0.05) is 12.6 Å². The summed E-state index contributed by atoms with van der Waals surface area (Å²) in [5, 5.41) is 3.42. The highest BCUT2D eigenvalue weighted by atomic mass is 19.3. The van der Waals surface area contributed by atoms with E-state index in [-0.39, 0.29) is 6.04 Å². The Morgan fingerprint density at radius 2 is 2.14 bits per heavy atom. The minimum absolute atomic E-state index is 0.174. The van der Waals surface area contributed by atoms with Crippen molar-refractivity contribution in [2.75, 3.05) is 19.8 Å². The Labute approximate surface area is 125 Å². The van der Waals surface area contributed by atoms with E-state index in [4.69, 9.17) is 4.74 Å². The highest BCUT2D eigenvalue weighted by Crippen LogP contribution is 2.37. The minimum atomic E-state index is -2.38. The molecule has 2 nitrogen and oxygen atoms in total. The predicted molar refractivity (Wildman–Crippen MR) is 80.9 cm³/mol. The van der Waals surface area contributed by atoms with Gasteiger partial charge in [-0.05, 0) is 42.9 Å². The van der Waals surface area contributed by atoms with E-state index in [1.165, 1.54) is 30.4 Å². The first-order valence-electron chi connectivity index (χ1n) is 7.89. The molecule has 1 N–H and O–H groups in total. The Hall–Kier alpha value is -1.00. The topological polar surface area (TPSA) is 21.3 Å². The van der Waals surface area contributed by atoms with Crippen LogP contribution in [-0.2, 0) is 4.74 Å². The van der Waals surface area contributed by atoms with E-state index in [0.717, 1.165) is 6.54 Å². The average Bonchev–Trinajstić information content (AvgIpc) is 2.40. The summed E-state index contributed by atoms with van der Waals surface area (Å²) < 4.78 is 29.2. The smallest absolute Gasteiger partial charge is 0.261 e. The van der Waals surface area contributed by atoms with Gasteiger partial charge < -0.3 is 10.1 Å². The summed E-state index contributed by atoms with van der Waals surface area (Å²) in [6, 6.07) is 8.86. The summed E-state index contributed by atoms with van der Waals surface area (Å²) >= 11 is 0. The molecule has 2 rings (SSSR count). The monoisotopic (exact) mass is 297 g/mol. The Balaban J connectivity index is 1.93. The molecule has 1 aromatic rings. The molecule has 0 aromatic heterocycles. The van der Waals surface area contributed by atoms with Gasteiger partial charge in [-0.2, -0.15) is 0 Å². The van der Waals surface area contributed by atoms with E-state index in [2.05, 4.69) is 36.5 Å². The molecule has 4 heteroatoms. The van der Waals surface area contributed by atoms with Crippen molar-refractivity contribution in [1.82, 2.24) is 5.32 Å². The molecule has 1 aliphatic rings. The molecule has 1 saturated carbocycles. The second-order valence-electron chi connectivity index (χ2n) is 5.66. The summed E-state index contributed by atoms with van der Waals surface area (Å²) in [4.78, 5) is 0. The standard InChI is InChI=1S/C17H25F2NO/c1-2-20-16(9-10-21-12-17(18)19)15-8-4-7-14(11-15)13-5-3-6-13/h4,7-8,11,13,16-17,20H,2-3,5-6,9-10,12H2,1H3. The fourth-order valence-electron chi connectivity index (χ4n) is 2.78. The van der Waals surface area contributed by atoms with E-state index in [0.29, 0.717) is 18.9 Å². The Bertz CT molecular complexity index is 421. The zero-order valence-corrected chi connectivity index (χ0v) is 12.7. The largest absolute Gasteiger partial charge is 0.375 e. The number of alkyl halides is 2. The number of benzene rings is 1. The lowest BCUT2D eigenvalue weighted by Crippen LogP contribution is -2.23. The zero-order chi connectivity index (χ0) is 15.1. The van der Waals surface area contributed by atoms with Crippen molar-refractivity contribution in [2.45, 2.75) is 51.0 Å². The van der Waals surface area contributed by atoms with Gasteiger partial charge in [-0.1, -0.05) is 37.6 Å². The van der Waals surface area contributed by atoms with Crippen LogP contribution in [0.5, 0.6) is 0 Å². The Morgan fingerprint density at radius 3 is 2.76 bits per heavy atom. The van der Waals surface area contributed by atoms with Crippen LogP contribution in [0.15, 0.2) is 24.3 Å². The summed E-state index contributed by atoms with van der Waals surface area (Å²) in [7, 11) is 0. The molecule has 1 aromatic carbocycles. The average molecular weight is 297 g/mol. The number of halogens is 2. The molecular weight excluding hydrogens is 272 g/mol. The molecule has 1 unspecified atom stereocenters. The first-order valence-corrected chi connectivity index (χ1v) is 7.89. The van der Waals surface area contributed by atoms with E-state index >= 15 is 0 Å². The molecule has 1 atom stereocenters. The van der Waals surface area contributed by atoms with Gasteiger partial charge in [-0.3, -0.25) is 0 Å². The fourth-order valence-corrected chi connectivity index (χ4v) is 2.78. The van der Waals surface area contributed by atoms with Crippen molar-refractivity contribution in [3.05, 3.63) is 35.4 Å². The molecule has 0 aliphatic heterocycles. The Morgan fingerprint density at radius 1 is 1.33 bits per heavy atom. The maximum absolute atomic E-state index is 12.1. The van der Waals surface area contributed by atoms with Crippen molar-refractivity contribution < 1.29 is 13.5 Å². The van der Waals surface area contributed by atoms with Crippen LogP contribution in [0.3, 0.4) is 0 Å². The second-order valence-corrected chi connectivity index (χ2v) is 5.66. The van der Waals surface area contributed by atoms with E-state index in [9.17, 15) is 8.78 Å². The molecule has 0 saturated heterocycles. The third-order valence-corrected chi connectivity index (χ3v) is 4.13. The quantitative estimate of drug-likeness (QED) is 0.687. The summed E-state index contributed by atoms with van der Waals surface area (Å²) in [5.41, 5.74) is 2.65. The third kappa shape index (κ3) is 5.04. The van der Waals surface area contributed by atoms with Gasteiger partial charge in [0.25, 0.3) is 6.43 Å². The first kappa shape index (κ1) is 16.4. The second kappa shape index (κ2) is 8.44. The third-order valence-electron chi connectivity index (χ3n) is 4.13. The maximum Gasteiger partial charge on any atom is 0.261 e. The molecule has 0 bridgehead atoms. The first-order chi connectivity index (χ1) is 10.2. The van der Waals surface area contributed by atoms with Crippen LogP contribution in [0.25, 0.3) is 0 Å². The van der Waals surface area contributed by atoms with Crippen LogP contribution in [0, 0.1) is 0 Å². The predicted octanol–water partition coefficient (Wildman–Crippen LogP) is 4.28. The summed E-state index contributed by atoms with van der Waals surface area (Å²) in [6.07, 6.45) is 2.23. The lowest BCUT2D eigenvalue weighted by Gasteiger charge is -2.27. The van der Waals surface area contributed by atoms with Crippen LogP contribution in [0.4, 0.5) is 8.78 Å². The van der Waals surface area contributed by atoms with Gasteiger partial charge >= 0.3 is 0 Å². The molecular formula is C17H25F2NO. The Kier molecular flexibility index (Phi) is 6.58. The number of rotatable bonds is 9. The fraction of sp³-hybridized carbons (Fsp3) is 0.647. The normalized spacial score (nSPS) is 17.0. The van der Waals surface area contributed by atoms with E-state index < -0.39 is 13.0 Å². The summed E-state index contributed by atoms with van der Waals surface area (Å²) in [5.74, 6) is 0.710. The molecule has 0 heterocycles. The van der Waals surface area contributed by atoms with Gasteiger partial charge in [-0.15, -0.1) is 0 Å². The van der Waals surface area contributed by atoms with Gasteiger partial charge in [-0.25, -0.2) is 8.78 Å². The van der Waals surface area contributed by atoms with Gasteiger partial charge in [0.1, 0.15) is 6.61 Å². The molecule has 21 heavy (non-hydrogen) atoms. The van der Waals surface area contributed by atoms with Crippen LogP contribution in [-0.4, -0.2) is 26.2 Å². The molecule has 0 radical (unpaired) electrons. The van der Waals surface area contributed by atoms with E-state index in [1.807, 2.05) is 0 Å². The lowest BCUT2D eigenvalue weighted by atomic mass is 9.79. The molecule has 1 aliphatic carbocycles. The van der Waals surface area contributed by atoms with Gasteiger partial charge in [0.05, 0.1) is 0 Å². The van der Waals surface area contributed by atoms with Crippen LogP contribution >= 0.6 is 0 Å². The molecule has 118 valence electrons. The molecule has 0 amide bonds. The van der Waals surface area contributed by atoms with Crippen LogP contribution in [0.2, 0.25) is 0 Å². The maximum atomic E-state index is 12.1. The number of ether oxygens (including phenoxy) is 1. The minimum Gasteiger partial charge on any atom is -0.375 e. The van der Waals surface area contributed by atoms with Crippen molar-refractivity contribution in [3.8, 4) is 0 Å². The number of hydrogen-bond donors (Lipinski definition) is 1. The summed E-state index contributed by atoms with van der Waals surface area (Å²) in [6.45, 7) is 2.80. The van der Waals surface area contributed by atoms with Crippen LogP contribution in [0.1, 0.15) is 55.7 Å². The van der Waals surface area contributed by atoms with Crippen molar-refractivity contribution in [3.63, 3.8) is 0 Å². The van der Waals surface area contributed by atoms with Gasteiger partial charge in [0.15, 0.2) is 0 Å². The van der Waals surface area contributed by atoms with E-state index in [1.54, 1.807) is 0 Å². The van der Waals surface area contributed by atoms with Gasteiger partial charge in [0.2, 0.25) is 0 Å². The number of hydrogen-bond acceptors (Lipinski definition) is 2. The highest BCUT2D eigenvalue weighted by molar-refractivity contribution is 5.29. The number of nitrogens with one attached hydrogen (secondary N) is 1.